The first-order valence-electron chi connectivity index (χ1n) is 5.28. The maximum absolute atomic E-state index is 11.6. The van der Waals surface area contributed by atoms with Gasteiger partial charge in [-0.05, 0) is 13.3 Å². The molecule has 0 radical (unpaired) electrons. The summed E-state index contributed by atoms with van der Waals surface area (Å²) in [7, 11) is 0. The molecule has 3 N–H and O–H groups in total. The minimum Gasteiger partial charge on any atom is -0.354 e. The molecule has 1 aromatic heterocycles. The highest BCUT2D eigenvalue weighted by molar-refractivity contribution is 7.15. The first-order valence-corrected chi connectivity index (χ1v) is 6.09. The van der Waals surface area contributed by atoms with Gasteiger partial charge in [0, 0.05) is 19.0 Å². The summed E-state index contributed by atoms with van der Waals surface area (Å²) in [6, 6.07) is -0.344. The topological polar surface area (TPSA) is 96.0 Å². The summed E-state index contributed by atoms with van der Waals surface area (Å²) in [6.07, 6.45) is 1.11. The molecule has 1 aliphatic heterocycles. The van der Waals surface area contributed by atoms with Crippen molar-refractivity contribution in [3.63, 3.8) is 0 Å². The van der Waals surface area contributed by atoms with Gasteiger partial charge in [0.1, 0.15) is 5.01 Å². The predicted octanol–water partition coefficient (Wildman–Crippen LogP) is 0.247. The zero-order chi connectivity index (χ0) is 12.3. The molecule has 1 atom stereocenters. The fraction of sp³-hybridized carbons (Fsp3) is 0.556. The summed E-state index contributed by atoms with van der Waals surface area (Å²) >= 11 is 1.31. The van der Waals surface area contributed by atoms with Crippen molar-refractivity contribution in [1.82, 2.24) is 20.8 Å². The number of nitrogens with zero attached hydrogens (tertiary/aromatic N) is 2. The van der Waals surface area contributed by atoms with Gasteiger partial charge in [0.25, 0.3) is 0 Å². The molecular formula is C9H13N5O2S. The second-order valence-corrected chi connectivity index (χ2v) is 4.95. The monoisotopic (exact) mass is 255 g/mol. The van der Waals surface area contributed by atoms with Crippen LogP contribution in [-0.2, 0) is 4.79 Å². The zero-order valence-corrected chi connectivity index (χ0v) is 10.1. The van der Waals surface area contributed by atoms with Crippen LogP contribution >= 0.6 is 11.3 Å². The van der Waals surface area contributed by atoms with Crippen LogP contribution in [0.3, 0.4) is 0 Å². The SMILES string of the molecule is Cc1nnc(NC(=O)N[C@@H]2CCC(=O)NC2)s1. The molecule has 8 heteroatoms. The highest BCUT2D eigenvalue weighted by Crippen LogP contribution is 2.13. The van der Waals surface area contributed by atoms with Gasteiger partial charge in [0.2, 0.25) is 11.0 Å². The second-order valence-electron chi connectivity index (χ2n) is 3.76. The Morgan fingerprint density at radius 3 is 2.94 bits per heavy atom. The van der Waals surface area contributed by atoms with Crippen LogP contribution in [0.1, 0.15) is 17.8 Å². The van der Waals surface area contributed by atoms with Crippen molar-refractivity contribution < 1.29 is 9.59 Å². The van der Waals surface area contributed by atoms with Crippen LogP contribution in [0.4, 0.5) is 9.93 Å². The van der Waals surface area contributed by atoms with Gasteiger partial charge >= 0.3 is 6.03 Å². The zero-order valence-electron chi connectivity index (χ0n) is 9.32. The van der Waals surface area contributed by atoms with Crippen LogP contribution in [0.5, 0.6) is 0 Å². The van der Waals surface area contributed by atoms with E-state index in [1.807, 2.05) is 6.92 Å². The fourth-order valence-electron chi connectivity index (χ4n) is 1.52. The van der Waals surface area contributed by atoms with Gasteiger partial charge in [-0.3, -0.25) is 10.1 Å². The standard InChI is InChI=1S/C9H13N5O2S/c1-5-13-14-9(17-5)12-8(16)11-6-2-3-7(15)10-4-6/h6H,2-4H2,1H3,(H,10,15)(H2,11,12,14,16)/t6-/m1/s1. The summed E-state index contributed by atoms with van der Waals surface area (Å²) in [6.45, 7) is 2.29. The van der Waals surface area contributed by atoms with Crippen LogP contribution < -0.4 is 16.0 Å². The quantitative estimate of drug-likeness (QED) is 0.705. The molecule has 0 bridgehead atoms. The number of nitrogens with one attached hydrogen (secondary N) is 3. The van der Waals surface area contributed by atoms with Crippen LogP contribution in [0, 0.1) is 6.92 Å². The van der Waals surface area contributed by atoms with E-state index in [1.54, 1.807) is 0 Å². The molecule has 0 aliphatic carbocycles. The van der Waals surface area contributed by atoms with Crippen LogP contribution in [0.2, 0.25) is 0 Å². The molecule has 0 saturated carbocycles. The lowest BCUT2D eigenvalue weighted by Gasteiger charge is -2.23. The Bertz CT molecular complexity index is 423. The number of amides is 3. The molecule has 1 fully saturated rings. The lowest BCUT2D eigenvalue weighted by molar-refractivity contribution is -0.122. The van der Waals surface area contributed by atoms with E-state index in [2.05, 4.69) is 26.1 Å². The van der Waals surface area contributed by atoms with E-state index in [0.717, 1.165) is 5.01 Å². The van der Waals surface area contributed by atoms with E-state index in [9.17, 15) is 9.59 Å². The fourth-order valence-corrected chi connectivity index (χ4v) is 2.11. The number of hydrogen-bond donors (Lipinski definition) is 3. The summed E-state index contributed by atoms with van der Waals surface area (Å²) in [5.74, 6) is 0.0307. The Labute approximate surface area is 102 Å². The maximum Gasteiger partial charge on any atom is 0.321 e. The van der Waals surface area contributed by atoms with Crippen molar-refractivity contribution in [3.8, 4) is 0 Å². The van der Waals surface area contributed by atoms with Crippen molar-refractivity contribution in [2.24, 2.45) is 0 Å². The van der Waals surface area contributed by atoms with E-state index in [1.165, 1.54) is 11.3 Å². The number of carbonyl (C=O) groups excluding carboxylic acids is 2. The molecule has 2 rings (SSSR count). The van der Waals surface area contributed by atoms with E-state index >= 15 is 0 Å². The number of aromatic nitrogens is 2. The minimum atomic E-state index is -0.317. The first kappa shape index (κ1) is 11.8. The van der Waals surface area contributed by atoms with E-state index in [-0.39, 0.29) is 18.0 Å². The van der Waals surface area contributed by atoms with E-state index in [4.69, 9.17) is 0 Å². The molecule has 0 unspecified atom stereocenters. The largest absolute Gasteiger partial charge is 0.354 e. The number of hydrogen-bond acceptors (Lipinski definition) is 5. The van der Waals surface area contributed by atoms with Crippen LogP contribution in [0.15, 0.2) is 0 Å². The Morgan fingerprint density at radius 2 is 2.35 bits per heavy atom. The minimum absolute atomic E-state index is 0.0262. The smallest absolute Gasteiger partial charge is 0.321 e. The second kappa shape index (κ2) is 5.09. The maximum atomic E-state index is 11.6. The molecule has 17 heavy (non-hydrogen) atoms. The van der Waals surface area contributed by atoms with Gasteiger partial charge in [-0.2, -0.15) is 0 Å². The molecule has 1 saturated heterocycles. The number of carbonyl (C=O) groups is 2. The van der Waals surface area contributed by atoms with Crippen molar-refractivity contribution >= 4 is 28.4 Å². The van der Waals surface area contributed by atoms with Gasteiger partial charge in [0.15, 0.2) is 0 Å². The summed E-state index contributed by atoms with van der Waals surface area (Å²) in [5.41, 5.74) is 0. The highest BCUT2D eigenvalue weighted by atomic mass is 32.1. The lowest BCUT2D eigenvalue weighted by Crippen LogP contribution is -2.48. The van der Waals surface area contributed by atoms with Crippen LogP contribution in [-0.4, -0.2) is 34.7 Å². The van der Waals surface area contributed by atoms with Gasteiger partial charge in [-0.15, -0.1) is 10.2 Å². The number of aryl methyl sites for hydroxylation is 1. The van der Waals surface area contributed by atoms with Crippen molar-refractivity contribution in [2.75, 3.05) is 11.9 Å². The first-order chi connectivity index (χ1) is 8.13. The number of urea groups is 1. The predicted molar refractivity (Wildman–Crippen MR) is 62.8 cm³/mol. The molecule has 3 amide bonds. The average molecular weight is 255 g/mol. The van der Waals surface area contributed by atoms with Gasteiger partial charge < -0.3 is 10.6 Å². The Hall–Kier alpha value is -1.70. The lowest BCUT2D eigenvalue weighted by atomic mass is 10.1. The third kappa shape index (κ3) is 3.38. The van der Waals surface area contributed by atoms with E-state index in [0.29, 0.717) is 24.5 Å². The third-order valence-corrected chi connectivity index (χ3v) is 3.10. The molecule has 0 aromatic carbocycles. The Morgan fingerprint density at radius 1 is 1.53 bits per heavy atom. The van der Waals surface area contributed by atoms with Gasteiger partial charge in [-0.25, -0.2) is 4.79 Å². The van der Waals surface area contributed by atoms with Crippen molar-refractivity contribution in [1.29, 1.82) is 0 Å². The molecule has 1 aliphatic rings. The van der Waals surface area contributed by atoms with Gasteiger partial charge in [-0.1, -0.05) is 11.3 Å². The Kier molecular flexibility index (Phi) is 3.52. The third-order valence-electron chi connectivity index (χ3n) is 2.35. The number of rotatable bonds is 2. The van der Waals surface area contributed by atoms with Gasteiger partial charge in [0.05, 0.1) is 0 Å². The molecule has 7 nitrogen and oxygen atoms in total. The number of anilines is 1. The molecular weight excluding hydrogens is 242 g/mol. The average Bonchev–Trinajstić information content (AvgIpc) is 2.67. The molecule has 1 aromatic rings. The highest BCUT2D eigenvalue weighted by Gasteiger charge is 2.19. The molecule has 0 spiro atoms. The normalized spacial score (nSPS) is 19.6. The van der Waals surface area contributed by atoms with E-state index < -0.39 is 0 Å². The summed E-state index contributed by atoms with van der Waals surface area (Å²) in [5, 5.41) is 16.9. The summed E-state index contributed by atoms with van der Waals surface area (Å²) < 4.78 is 0. The number of piperidine rings is 1. The van der Waals surface area contributed by atoms with Crippen molar-refractivity contribution in [3.05, 3.63) is 5.01 Å². The molecule has 2 heterocycles. The molecule has 92 valence electrons. The van der Waals surface area contributed by atoms with Crippen molar-refractivity contribution in [2.45, 2.75) is 25.8 Å². The Balaban J connectivity index is 1.79. The summed E-state index contributed by atoms with van der Waals surface area (Å²) in [4.78, 5) is 22.5. The van der Waals surface area contributed by atoms with Crippen LogP contribution in [0.25, 0.3) is 0 Å².